The largest absolute Gasteiger partial charge is 0.481 e. The SMILES string of the molecule is CCCCCC(=O)N(Cc1ccc2sc(-c3ccc(C(=O)O)cc3)c(Br)c2c1)CC1(C(=O)O)CCCC1. The smallest absolute Gasteiger partial charge is 0.335 e. The van der Waals surface area contributed by atoms with Gasteiger partial charge >= 0.3 is 11.9 Å². The molecule has 0 radical (unpaired) electrons. The molecular formula is C29H32BrNO5S. The average Bonchev–Trinajstić information content (AvgIpc) is 3.49. The van der Waals surface area contributed by atoms with Gasteiger partial charge in [-0.15, -0.1) is 11.3 Å². The van der Waals surface area contributed by atoms with Crippen LogP contribution in [-0.4, -0.2) is 39.5 Å². The lowest BCUT2D eigenvalue weighted by Crippen LogP contribution is -2.44. The number of benzene rings is 2. The van der Waals surface area contributed by atoms with Gasteiger partial charge in [0.05, 0.1) is 11.0 Å². The maximum Gasteiger partial charge on any atom is 0.335 e. The minimum absolute atomic E-state index is 0.0182. The first-order valence-corrected chi connectivity index (χ1v) is 14.4. The van der Waals surface area contributed by atoms with Gasteiger partial charge in [-0.3, -0.25) is 9.59 Å². The third-order valence-corrected chi connectivity index (χ3v) is 9.62. The van der Waals surface area contributed by atoms with Crippen LogP contribution < -0.4 is 0 Å². The van der Waals surface area contributed by atoms with Crippen molar-refractivity contribution in [3.63, 3.8) is 0 Å². The molecule has 1 aromatic heterocycles. The number of unbranched alkanes of at least 4 members (excludes halogenated alkanes) is 2. The lowest BCUT2D eigenvalue weighted by atomic mass is 9.85. The van der Waals surface area contributed by atoms with E-state index in [4.69, 9.17) is 0 Å². The summed E-state index contributed by atoms with van der Waals surface area (Å²) in [5, 5.41) is 20.2. The topological polar surface area (TPSA) is 94.9 Å². The van der Waals surface area contributed by atoms with Gasteiger partial charge in [0, 0.05) is 38.9 Å². The molecule has 1 aliphatic rings. The molecule has 4 rings (SSSR count). The van der Waals surface area contributed by atoms with Crippen LogP contribution in [0, 0.1) is 5.41 Å². The molecule has 37 heavy (non-hydrogen) atoms. The Morgan fingerprint density at radius 1 is 1.03 bits per heavy atom. The van der Waals surface area contributed by atoms with Crippen LogP contribution in [-0.2, 0) is 16.1 Å². The number of rotatable bonds is 11. The first-order valence-electron chi connectivity index (χ1n) is 12.8. The van der Waals surface area contributed by atoms with E-state index in [1.807, 2.05) is 24.3 Å². The van der Waals surface area contributed by atoms with Crippen LogP contribution in [0.2, 0.25) is 0 Å². The number of hydrogen-bond donors (Lipinski definition) is 2. The summed E-state index contributed by atoms with van der Waals surface area (Å²) in [5.74, 6) is -1.74. The zero-order valence-corrected chi connectivity index (χ0v) is 23.4. The molecule has 0 spiro atoms. The molecule has 2 aromatic carbocycles. The molecule has 6 nitrogen and oxygen atoms in total. The Morgan fingerprint density at radius 2 is 1.73 bits per heavy atom. The molecule has 1 saturated carbocycles. The second kappa shape index (κ2) is 11.8. The van der Waals surface area contributed by atoms with E-state index in [2.05, 4.69) is 28.9 Å². The van der Waals surface area contributed by atoms with Gasteiger partial charge in [0.2, 0.25) is 5.91 Å². The van der Waals surface area contributed by atoms with Crippen molar-refractivity contribution in [1.29, 1.82) is 0 Å². The Kier molecular flexibility index (Phi) is 8.70. The quantitative estimate of drug-likeness (QED) is 0.226. The van der Waals surface area contributed by atoms with Gasteiger partial charge < -0.3 is 15.1 Å². The predicted molar refractivity (Wildman–Crippen MR) is 150 cm³/mol. The molecule has 1 aliphatic carbocycles. The van der Waals surface area contributed by atoms with E-state index in [1.165, 1.54) is 0 Å². The molecule has 3 aromatic rings. The highest BCUT2D eigenvalue weighted by Crippen LogP contribution is 2.43. The van der Waals surface area contributed by atoms with Gasteiger partial charge in [0.25, 0.3) is 0 Å². The number of carbonyl (C=O) groups excluding carboxylic acids is 1. The Morgan fingerprint density at radius 3 is 2.35 bits per heavy atom. The molecule has 0 bridgehead atoms. The molecule has 196 valence electrons. The van der Waals surface area contributed by atoms with Gasteiger partial charge in [0.1, 0.15) is 0 Å². The van der Waals surface area contributed by atoms with Gasteiger partial charge in [0.15, 0.2) is 0 Å². The number of amides is 1. The summed E-state index contributed by atoms with van der Waals surface area (Å²) in [4.78, 5) is 39.5. The molecule has 0 saturated heterocycles. The van der Waals surface area contributed by atoms with Crippen LogP contribution in [0.5, 0.6) is 0 Å². The van der Waals surface area contributed by atoms with Crippen LogP contribution >= 0.6 is 27.3 Å². The van der Waals surface area contributed by atoms with Crippen molar-refractivity contribution >= 4 is 55.2 Å². The normalized spacial score (nSPS) is 14.6. The van der Waals surface area contributed by atoms with E-state index in [-0.39, 0.29) is 18.0 Å². The summed E-state index contributed by atoms with van der Waals surface area (Å²) in [6.07, 6.45) is 6.24. The highest BCUT2D eigenvalue weighted by atomic mass is 79.9. The predicted octanol–water partition coefficient (Wildman–Crippen LogP) is 7.58. The molecule has 2 N–H and O–H groups in total. The third-order valence-electron chi connectivity index (χ3n) is 7.31. The Bertz CT molecular complexity index is 1290. The summed E-state index contributed by atoms with van der Waals surface area (Å²) in [5.41, 5.74) is 1.27. The monoisotopic (exact) mass is 585 g/mol. The van der Waals surface area contributed by atoms with Crippen molar-refractivity contribution in [2.45, 2.75) is 64.8 Å². The van der Waals surface area contributed by atoms with E-state index in [9.17, 15) is 24.6 Å². The number of carboxylic acids is 2. The van der Waals surface area contributed by atoms with Crippen molar-refractivity contribution in [3.05, 3.63) is 58.1 Å². The fourth-order valence-electron chi connectivity index (χ4n) is 5.16. The van der Waals surface area contributed by atoms with Gasteiger partial charge in [-0.25, -0.2) is 4.79 Å². The maximum atomic E-state index is 13.3. The van der Waals surface area contributed by atoms with Crippen LogP contribution in [0.3, 0.4) is 0 Å². The number of thiophene rings is 1. The fraction of sp³-hybridized carbons (Fsp3) is 0.414. The number of aromatic carboxylic acids is 1. The van der Waals surface area contributed by atoms with Crippen molar-refractivity contribution in [3.8, 4) is 10.4 Å². The summed E-state index contributed by atoms with van der Waals surface area (Å²) < 4.78 is 2.00. The van der Waals surface area contributed by atoms with Crippen LogP contribution in [0.4, 0.5) is 0 Å². The van der Waals surface area contributed by atoms with E-state index in [0.29, 0.717) is 25.8 Å². The zero-order valence-electron chi connectivity index (χ0n) is 21.0. The molecule has 0 aliphatic heterocycles. The van der Waals surface area contributed by atoms with E-state index in [1.54, 1.807) is 28.4 Å². The average molecular weight is 587 g/mol. The second-order valence-corrected chi connectivity index (χ2v) is 11.8. The molecule has 1 fully saturated rings. The lowest BCUT2D eigenvalue weighted by Gasteiger charge is -2.32. The first kappa shape index (κ1) is 27.3. The molecule has 0 atom stereocenters. The first-order chi connectivity index (χ1) is 17.7. The molecule has 1 amide bonds. The number of fused-ring (bicyclic) bond motifs is 1. The molecule has 0 unspecified atom stereocenters. The number of carbonyl (C=O) groups is 3. The second-order valence-electron chi connectivity index (χ2n) is 9.96. The van der Waals surface area contributed by atoms with Crippen molar-refractivity contribution < 1.29 is 24.6 Å². The zero-order chi connectivity index (χ0) is 26.6. The molecule has 8 heteroatoms. The summed E-state index contributed by atoms with van der Waals surface area (Å²) in [6.45, 7) is 2.72. The lowest BCUT2D eigenvalue weighted by molar-refractivity contribution is -0.151. The van der Waals surface area contributed by atoms with E-state index in [0.717, 1.165) is 62.7 Å². The van der Waals surface area contributed by atoms with Gasteiger partial charge in [-0.1, -0.05) is 50.8 Å². The number of carboxylic acid groups (broad SMARTS) is 2. The number of hydrogen-bond acceptors (Lipinski definition) is 4. The summed E-state index contributed by atoms with van der Waals surface area (Å²) >= 11 is 5.36. The van der Waals surface area contributed by atoms with Crippen molar-refractivity contribution in [1.82, 2.24) is 4.90 Å². The number of aliphatic carboxylic acids is 1. The highest BCUT2D eigenvalue weighted by Gasteiger charge is 2.43. The number of nitrogens with zero attached hydrogens (tertiary/aromatic N) is 1. The van der Waals surface area contributed by atoms with E-state index < -0.39 is 17.4 Å². The fourth-order valence-corrected chi connectivity index (χ4v) is 7.17. The van der Waals surface area contributed by atoms with Crippen molar-refractivity contribution in [2.24, 2.45) is 5.41 Å². The van der Waals surface area contributed by atoms with Crippen LogP contribution in [0.1, 0.15) is 74.2 Å². The number of halogens is 1. The summed E-state index contributed by atoms with van der Waals surface area (Å²) in [6, 6.07) is 12.9. The Labute approximate surface area is 229 Å². The van der Waals surface area contributed by atoms with Crippen LogP contribution in [0.25, 0.3) is 20.5 Å². The summed E-state index contributed by atoms with van der Waals surface area (Å²) in [7, 11) is 0. The third kappa shape index (κ3) is 6.07. The minimum atomic E-state index is -0.956. The molecular weight excluding hydrogens is 554 g/mol. The van der Waals surface area contributed by atoms with Gasteiger partial charge in [-0.05, 0) is 70.6 Å². The Hall–Kier alpha value is -2.71. The van der Waals surface area contributed by atoms with Gasteiger partial charge in [-0.2, -0.15) is 0 Å². The molecule has 1 heterocycles. The standard InChI is InChI=1S/C29H32BrNO5S/c1-2-3-4-7-24(32)31(18-29(28(35)36)14-5-6-15-29)17-19-8-13-23-22(16-19)25(30)26(37-23)20-9-11-21(12-10-20)27(33)34/h8-13,16H,2-7,14-15,17-18H2,1H3,(H,33,34)(H,35,36). The van der Waals surface area contributed by atoms with E-state index >= 15 is 0 Å². The Balaban J connectivity index is 1.62. The minimum Gasteiger partial charge on any atom is -0.481 e. The highest BCUT2D eigenvalue weighted by molar-refractivity contribution is 9.10. The maximum absolute atomic E-state index is 13.3. The van der Waals surface area contributed by atoms with Crippen LogP contribution in [0.15, 0.2) is 46.9 Å². The van der Waals surface area contributed by atoms with Crippen molar-refractivity contribution in [2.75, 3.05) is 6.54 Å².